The van der Waals surface area contributed by atoms with Gasteiger partial charge in [-0.1, -0.05) is 71.7 Å². The molecule has 4 aromatic carbocycles. The van der Waals surface area contributed by atoms with Crippen LogP contribution in [-0.4, -0.2) is 84.9 Å². The number of benzene rings is 4. The van der Waals surface area contributed by atoms with Crippen LogP contribution < -0.4 is 11.1 Å². The molecule has 2 unspecified atom stereocenters. The molecule has 0 fully saturated rings. The summed E-state index contributed by atoms with van der Waals surface area (Å²) >= 11 is 14.0. The number of thioether (sulfide) groups is 1. The maximum atomic E-state index is 14.3. The Morgan fingerprint density at radius 1 is 0.922 bits per heavy atom. The highest BCUT2D eigenvalue weighted by Gasteiger charge is 2.44. The fourth-order valence-electron chi connectivity index (χ4n) is 6.29. The van der Waals surface area contributed by atoms with Crippen molar-refractivity contribution in [2.45, 2.75) is 29.8 Å². The van der Waals surface area contributed by atoms with E-state index in [4.69, 9.17) is 28.9 Å². The summed E-state index contributed by atoms with van der Waals surface area (Å²) in [6.07, 6.45) is 2.40. The molecule has 0 saturated heterocycles. The summed E-state index contributed by atoms with van der Waals surface area (Å²) in [5.41, 5.74) is 9.44. The summed E-state index contributed by atoms with van der Waals surface area (Å²) in [5.74, 6) is -2.00. The number of carbonyl (C=O) groups excluding carboxylic acids is 4. The minimum absolute atomic E-state index is 0.156. The molecule has 5 rings (SSSR count). The molecule has 0 saturated carbocycles. The van der Waals surface area contributed by atoms with E-state index in [1.54, 1.807) is 65.2 Å². The first-order valence-corrected chi connectivity index (χ1v) is 18.5. The standard InChI is InChI=1S/C39H41Cl2N5O4S/c1-44(2)21-19-43-37(48)35-31-6-4-5-7-32(31)39(50)46(36(35)27-13-16-30(51-3)17-14-27)23-25-8-10-28(11-9-25)38(49)45(24-34(42)47)20-18-26-12-15-29(40)22-33(26)41/h4-17,22,35-36H,18-21,23-24H2,1-3H3,(H2,42,47)(H,43,48). The van der Waals surface area contributed by atoms with Crippen LogP contribution in [0.2, 0.25) is 10.0 Å². The summed E-state index contributed by atoms with van der Waals surface area (Å²) in [7, 11) is 3.90. The van der Waals surface area contributed by atoms with Crippen LogP contribution in [0.5, 0.6) is 0 Å². The number of primary amides is 1. The number of amides is 4. The Morgan fingerprint density at radius 3 is 2.27 bits per heavy atom. The molecule has 1 heterocycles. The molecule has 0 bridgehead atoms. The molecule has 0 aromatic heterocycles. The van der Waals surface area contributed by atoms with Crippen molar-refractivity contribution in [2.24, 2.45) is 5.73 Å². The van der Waals surface area contributed by atoms with Gasteiger partial charge in [0.15, 0.2) is 0 Å². The van der Waals surface area contributed by atoms with Gasteiger partial charge in [-0.15, -0.1) is 11.8 Å². The number of hydrogen-bond donors (Lipinski definition) is 2. The number of nitrogens with zero attached hydrogens (tertiary/aromatic N) is 3. The van der Waals surface area contributed by atoms with E-state index in [2.05, 4.69) is 5.32 Å². The number of nitrogens with one attached hydrogen (secondary N) is 1. The zero-order valence-corrected chi connectivity index (χ0v) is 31.1. The van der Waals surface area contributed by atoms with E-state index in [-0.39, 0.29) is 37.4 Å². The Hall–Kier alpha value is -4.35. The van der Waals surface area contributed by atoms with Crippen molar-refractivity contribution < 1.29 is 19.2 Å². The first-order valence-electron chi connectivity index (χ1n) is 16.5. The SMILES string of the molecule is CSc1ccc(C2C(C(=O)NCCN(C)C)c3ccccc3C(=O)N2Cc2ccc(C(=O)N(CCc3ccc(Cl)cc3Cl)CC(N)=O)cc2)cc1. The summed E-state index contributed by atoms with van der Waals surface area (Å²) in [6.45, 7) is 1.28. The number of halogens is 2. The predicted molar refractivity (Wildman–Crippen MR) is 203 cm³/mol. The molecule has 9 nitrogen and oxygen atoms in total. The highest BCUT2D eigenvalue weighted by Crippen LogP contribution is 2.44. The van der Waals surface area contributed by atoms with Crippen LogP contribution in [-0.2, 0) is 22.6 Å². The van der Waals surface area contributed by atoms with Gasteiger partial charge in [-0.05, 0) is 91.5 Å². The Morgan fingerprint density at radius 2 is 1.63 bits per heavy atom. The Labute approximate surface area is 313 Å². The van der Waals surface area contributed by atoms with Crippen LogP contribution >= 0.6 is 35.0 Å². The fourth-order valence-corrected chi connectivity index (χ4v) is 7.20. The van der Waals surface area contributed by atoms with Crippen molar-refractivity contribution in [1.29, 1.82) is 0 Å². The number of likely N-dealkylation sites (N-methyl/N-ethyl adjacent to an activating group) is 1. The Kier molecular flexibility index (Phi) is 12.8. The molecule has 12 heteroatoms. The van der Waals surface area contributed by atoms with Gasteiger partial charge < -0.3 is 25.8 Å². The maximum absolute atomic E-state index is 14.3. The second kappa shape index (κ2) is 17.2. The first kappa shape index (κ1) is 37.9. The van der Waals surface area contributed by atoms with Crippen LogP contribution in [0.15, 0.2) is 95.9 Å². The number of rotatable bonds is 14. The second-order valence-electron chi connectivity index (χ2n) is 12.7. The van der Waals surface area contributed by atoms with Crippen molar-refractivity contribution in [1.82, 2.24) is 20.0 Å². The third-order valence-electron chi connectivity index (χ3n) is 8.89. The molecule has 0 aliphatic carbocycles. The zero-order chi connectivity index (χ0) is 36.7. The molecule has 4 aromatic rings. The third-order valence-corrected chi connectivity index (χ3v) is 10.2. The van der Waals surface area contributed by atoms with Gasteiger partial charge in [-0.25, -0.2) is 0 Å². The van der Waals surface area contributed by atoms with Crippen LogP contribution in [0.1, 0.15) is 54.9 Å². The smallest absolute Gasteiger partial charge is 0.255 e. The van der Waals surface area contributed by atoms with Gasteiger partial charge in [-0.3, -0.25) is 19.2 Å². The molecular formula is C39H41Cl2N5O4S. The monoisotopic (exact) mass is 745 g/mol. The zero-order valence-electron chi connectivity index (χ0n) is 28.8. The van der Waals surface area contributed by atoms with Crippen molar-refractivity contribution in [3.8, 4) is 0 Å². The van der Waals surface area contributed by atoms with Gasteiger partial charge in [0.25, 0.3) is 11.8 Å². The summed E-state index contributed by atoms with van der Waals surface area (Å²) < 4.78 is 0. The maximum Gasteiger partial charge on any atom is 0.255 e. The van der Waals surface area contributed by atoms with Crippen molar-refractivity contribution >= 4 is 58.6 Å². The van der Waals surface area contributed by atoms with Crippen molar-refractivity contribution in [2.75, 3.05) is 46.5 Å². The third kappa shape index (κ3) is 9.31. The van der Waals surface area contributed by atoms with Gasteiger partial charge in [0.1, 0.15) is 0 Å². The van der Waals surface area contributed by atoms with Gasteiger partial charge in [0.05, 0.1) is 18.5 Å². The highest BCUT2D eigenvalue weighted by atomic mass is 35.5. The average Bonchev–Trinajstić information content (AvgIpc) is 3.11. The van der Waals surface area contributed by atoms with Crippen LogP contribution in [0.3, 0.4) is 0 Å². The molecule has 2 atom stereocenters. The van der Waals surface area contributed by atoms with Gasteiger partial charge in [0, 0.05) is 52.2 Å². The van der Waals surface area contributed by atoms with Gasteiger partial charge >= 0.3 is 0 Å². The van der Waals surface area contributed by atoms with Crippen LogP contribution in [0.4, 0.5) is 0 Å². The molecule has 0 radical (unpaired) electrons. The molecule has 4 amide bonds. The average molecular weight is 747 g/mol. The Bertz CT molecular complexity index is 1890. The molecular weight excluding hydrogens is 705 g/mol. The summed E-state index contributed by atoms with van der Waals surface area (Å²) in [6, 6.07) is 26.8. The number of hydrogen-bond acceptors (Lipinski definition) is 6. The van der Waals surface area contributed by atoms with E-state index >= 15 is 0 Å². The van der Waals surface area contributed by atoms with Crippen molar-refractivity contribution in [3.05, 3.63) is 134 Å². The molecule has 0 spiro atoms. The van der Waals surface area contributed by atoms with E-state index in [0.29, 0.717) is 46.2 Å². The minimum Gasteiger partial charge on any atom is -0.368 e. The minimum atomic E-state index is -0.654. The predicted octanol–water partition coefficient (Wildman–Crippen LogP) is 6.04. The molecule has 266 valence electrons. The lowest BCUT2D eigenvalue weighted by molar-refractivity contribution is -0.124. The molecule has 51 heavy (non-hydrogen) atoms. The fraction of sp³-hybridized carbons (Fsp3) is 0.282. The number of carbonyl (C=O) groups is 4. The van der Waals surface area contributed by atoms with Gasteiger partial charge in [-0.2, -0.15) is 0 Å². The quantitative estimate of drug-likeness (QED) is 0.152. The molecule has 1 aliphatic heterocycles. The number of nitrogens with two attached hydrogens (primary N) is 1. The van der Waals surface area contributed by atoms with E-state index in [1.807, 2.05) is 67.7 Å². The second-order valence-corrected chi connectivity index (χ2v) is 14.4. The van der Waals surface area contributed by atoms with Crippen LogP contribution in [0, 0.1) is 0 Å². The lowest BCUT2D eigenvalue weighted by Gasteiger charge is -2.42. The lowest BCUT2D eigenvalue weighted by Crippen LogP contribution is -2.47. The van der Waals surface area contributed by atoms with E-state index in [9.17, 15) is 19.2 Å². The van der Waals surface area contributed by atoms with Crippen molar-refractivity contribution in [3.63, 3.8) is 0 Å². The lowest BCUT2D eigenvalue weighted by atomic mass is 9.79. The summed E-state index contributed by atoms with van der Waals surface area (Å²) in [4.78, 5) is 60.0. The molecule has 1 aliphatic rings. The Balaban J connectivity index is 1.43. The topological polar surface area (TPSA) is 116 Å². The van der Waals surface area contributed by atoms with Gasteiger partial charge in [0.2, 0.25) is 11.8 Å². The van der Waals surface area contributed by atoms with Crippen LogP contribution in [0.25, 0.3) is 0 Å². The molecule has 3 N–H and O–H groups in total. The highest BCUT2D eigenvalue weighted by molar-refractivity contribution is 7.98. The summed E-state index contributed by atoms with van der Waals surface area (Å²) in [5, 5.41) is 4.08. The van der Waals surface area contributed by atoms with E-state index < -0.39 is 17.9 Å². The van der Waals surface area contributed by atoms with E-state index in [0.717, 1.165) is 21.6 Å². The normalized spacial score (nSPS) is 15.4. The first-order chi connectivity index (χ1) is 24.5. The largest absolute Gasteiger partial charge is 0.368 e. The van der Waals surface area contributed by atoms with E-state index in [1.165, 1.54) is 4.90 Å². The number of fused-ring (bicyclic) bond motifs is 1.